The highest BCUT2D eigenvalue weighted by atomic mass is 32.2. The minimum absolute atomic E-state index is 0.0765. The van der Waals surface area contributed by atoms with Crippen molar-refractivity contribution >= 4 is 21.6 Å². The standard InChI is InChI=1S/C9H11N3O3S2/c1-6(4-10)16-9-12-11-8(15-9)7-2-3-17(13,14)5-7/h6-7H,2-3,5H2,1H3/t6-,7-/m1/s1. The van der Waals surface area contributed by atoms with E-state index in [9.17, 15) is 8.42 Å². The molecule has 92 valence electrons. The molecular weight excluding hydrogens is 262 g/mol. The normalized spacial score (nSPS) is 24.4. The molecule has 0 unspecified atom stereocenters. The molecule has 0 aromatic carbocycles. The van der Waals surface area contributed by atoms with E-state index in [1.165, 1.54) is 11.8 Å². The molecule has 0 bridgehead atoms. The number of hydrogen-bond acceptors (Lipinski definition) is 7. The summed E-state index contributed by atoms with van der Waals surface area (Å²) in [6.07, 6.45) is 0.530. The first kappa shape index (κ1) is 12.4. The van der Waals surface area contributed by atoms with Gasteiger partial charge in [-0.1, -0.05) is 0 Å². The monoisotopic (exact) mass is 273 g/mol. The minimum Gasteiger partial charge on any atom is -0.416 e. The lowest BCUT2D eigenvalue weighted by molar-refractivity contribution is 0.393. The summed E-state index contributed by atoms with van der Waals surface area (Å²) in [5.41, 5.74) is 0. The van der Waals surface area contributed by atoms with Crippen LogP contribution in [0.1, 0.15) is 25.2 Å². The van der Waals surface area contributed by atoms with Gasteiger partial charge in [0, 0.05) is 0 Å². The van der Waals surface area contributed by atoms with Gasteiger partial charge in [-0.2, -0.15) is 5.26 Å². The molecule has 17 heavy (non-hydrogen) atoms. The van der Waals surface area contributed by atoms with E-state index in [-0.39, 0.29) is 22.7 Å². The molecule has 0 radical (unpaired) electrons. The van der Waals surface area contributed by atoms with Gasteiger partial charge in [0.05, 0.1) is 28.7 Å². The molecule has 0 aliphatic carbocycles. The van der Waals surface area contributed by atoms with Crippen LogP contribution in [-0.2, 0) is 9.84 Å². The molecule has 1 saturated heterocycles. The maximum atomic E-state index is 11.3. The summed E-state index contributed by atoms with van der Waals surface area (Å²) < 4.78 is 28.0. The van der Waals surface area contributed by atoms with Crippen LogP contribution in [0.3, 0.4) is 0 Å². The number of aromatic nitrogens is 2. The van der Waals surface area contributed by atoms with Crippen LogP contribution in [0.15, 0.2) is 9.64 Å². The molecule has 2 rings (SSSR count). The fourth-order valence-corrected chi connectivity index (χ4v) is 3.91. The third kappa shape index (κ3) is 2.98. The number of nitriles is 1. The second-order valence-corrected chi connectivity index (χ2v) is 7.42. The molecule has 0 amide bonds. The van der Waals surface area contributed by atoms with Crippen LogP contribution in [0, 0.1) is 11.3 Å². The van der Waals surface area contributed by atoms with Crippen molar-refractivity contribution in [2.24, 2.45) is 0 Å². The van der Waals surface area contributed by atoms with Crippen molar-refractivity contribution in [3.63, 3.8) is 0 Å². The quantitative estimate of drug-likeness (QED) is 0.757. The van der Waals surface area contributed by atoms with Gasteiger partial charge in [-0.3, -0.25) is 0 Å². The van der Waals surface area contributed by atoms with E-state index >= 15 is 0 Å². The summed E-state index contributed by atoms with van der Waals surface area (Å²) in [6.45, 7) is 1.73. The van der Waals surface area contributed by atoms with Gasteiger partial charge in [0.25, 0.3) is 5.22 Å². The van der Waals surface area contributed by atoms with Crippen LogP contribution >= 0.6 is 11.8 Å². The molecule has 1 aliphatic heterocycles. The second-order valence-electron chi connectivity index (χ2n) is 3.90. The predicted molar refractivity (Wildman–Crippen MR) is 61.2 cm³/mol. The van der Waals surface area contributed by atoms with E-state index in [1.54, 1.807) is 6.92 Å². The molecule has 2 atom stereocenters. The second kappa shape index (κ2) is 4.66. The lowest BCUT2D eigenvalue weighted by Crippen LogP contribution is -2.03. The molecule has 6 nitrogen and oxygen atoms in total. The van der Waals surface area contributed by atoms with Crippen molar-refractivity contribution in [1.29, 1.82) is 5.26 Å². The highest BCUT2D eigenvalue weighted by Crippen LogP contribution is 2.30. The Hall–Kier alpha value is -1.07. The summed E-state index contributed by atoms with van der Waals surface area (Å²) in [5.74, 6) is 0.419. The molecule has 1 aliphatic rings. The lowest BCUT2D eigenvalue weighted by Gasteiger charge is -1.99. The molecule has 1 aromatic heterocycles. The zero-order valence-corrected chi connectivity index (χ0v) is 10.8. The number of hydrogen-bond donors (Lipinski definition) is 0. The van der Waals surface area contributed by atoms with Gasteiger partial charge in [0.15, 0.2) is 9.84 Å². The average molecular weight is 273 g/mol. The predicted octanol–water partition coefficient (Wildman–Crippen LogP) is 0.976. The van der Waals surface area contributed by atoms with Gasteiger partial charge in [-0.25, -0.2) is 8.42 Å². The first-order chi connectivity index (χ1) is 8.00. The van der Waals surface area contributed by atoms with E-state index in [1.807, 2.05) is 6.07 Å². The van der Waals surface area contributed by atoms with E-state index < -0.39 is 9.84 Å². The van der Waals surface area contributed by atoms with Crippen LogP contribution in [0.2, 0.25) is 0 Å². The Balaban J connectivity index is 2.07. The Kier molecular flexibility index (Phi) is 3.40. The molecule has 0 spiro atoms. The first-order valence-electron chi connectivity index (χ1n) is 5.10. The highest BCUT2D eigenvalue weighted by molar-refractivity contribution is 7.99. The summed E-state index contributed by atoms with van der Waals surface area (Å²) in [4.78, 5) is 0. The van der Waals surface area contributed by atoms with E-state index in [0.29, 0.717) is 17.5 Å². The number of nitrogens with zero attached hydrogens (tertiary/aromatic N) is 3. The fourth-order valence-electron chi connectivity index (χ4n) is 1.60. The Morgan fingerprint density at radius 1 is 1.59 bits per heavy atom. The largest absolute Gasteiger partial charge is 0.416 e. The third-order valence-electron chi connectivity index (χ3n) is 2.46. The maximum Gasteiger partial charge on any atom is 0.277 e. The summed E-state index contributed by atoms with van der Waals surface area (Å²) in [6, 6.07) is 2.04. The van der Waals surface area contributed by atoms with Crippen molar-refractivity contribution in [3.8, 4) is 6.07 Å². The highest BCUT2D eigenvalue weighted by Gasteiger charge is 2.32. The van der Waals surface area contributed by atoms with Crippen molar-refractivity contribution in [2.75, 3.05) is 11.5 Å². The van der Waals surface area contributed by atoms with Crippen LogP contribution in [0.25, 0.3) is 0 Å². The Morgan fingerprint density at radius 3 is 2.94 bits per heavy atom. The lowest BCUT2D eigenvalue weighted by atomic mass is 10.1. The number of sulfone groups is 1. The van der Waals surface area contributed by atoms with E-state index in [2.05, 4.69) is 10.2 Å². The van der Waals surface area contributed by atoms with Gasteiger partial charge in [0.2, 0.25) is 5.89 Å². The fraction of sp³-hybridized carbons (Fsp3) is 0.667. The number of rotatable bonds is 3. The van der Waals surface area contributed by atoms with Gasteiger partial charge >= 0.3 is 0 Å². The van der Waals surface area contributed by atoms with Gasteiger partial charge in [0.1, 0.15) is 0 Å². The minimum atomic E-state index is -2.95. The van der Waals surface area contributed by atoms with Crippen molar-refractivity contribution in [3.05, 3.63) is 5.89 Å². The number of thioether (sulfide) groups is 1. The molecule has 1 fully saturated rings. The Bertz CT molecular complexity index is 546. The van der Waals surface area contributed by atoms with Crippen molar-refractivity contribution < 1.29 is 12.8 Å². The molecule has 0 saturated carbocycles. The molecule has 2 heterocycles. The van der Waals surface area contributed by atoms with Crippen LogP contribution in [-0.4, -0.2) is 35.4 Å². The van der Waals surface area contributed by atoms with E-state index in [4.69, 9.17) is 9.68 Å². The molecule has 8 heteroatoms. The smallest absolute Gasteiger partial charge is 0.277 e. The SMILES string of the molecule is C[C@H](C#N)Sc1nnc([C@@H]2CCS(=O)(=O)C2)o1. The Morgan fingerprint density at radius 2 is 2.35 bits per heavy atom. The zero-order chi connectivity index (χ0) is 12.5. The van der Waals surface area contributed by atoms with E-state index in [0.717, 1.165) is 0 Å². The third-order valence-corrected chi connectivity index (χ3v) is 5.06. The van der Waals surface area contributed by atoms with Gasteiger partial charge in [-0.15, -0.1) is 10.2 Å². The summed E-state index contributed by atoms with van der Waals surface area (Å²) in [7, 11) is -2.95. The maximum absolute atomic E-state index is 11.3. The zero-order valence-electron chi connectivity index (χ0n) is 9.16. The van der Waals surface area contributed by atoms with Crippen molar-refractivity contribution in [1.82, 2.24) is 10.2 Å². The molecule has 1 aromatic rings. The molecule has 0 N–H and O–H groups in total. The summed E-state index contributed by atoms with van der Waals surface area (Å²) in [5, 5.41) is 16.3. The molecular formula is C9H11N3O3S2. The van der Waals surface area contributed by atoms with Gasteiger partial charge < -0.3 is 4.42 Å². The van der Waals surface area contributed by atoms with Crippen LogP contribution < -0.4 is 0 Å². The topological polar surface area (TPSA) is 96.9 Å². The van der Waals surface area contributed by atoms with Gasteiger partial charge in [-0.05, 0) is 25.1 Å². The average Bonchev–Trinajstić information content (AvgIpc) is 2.84. The first-order valence-corrected chi connectivity index (χ1v) is 7.80. The summed E-state index contributed by atoms with van der Waals surface area (Å²) >= 11 is 1.17. The van der Waals surface area contributed by atoms with Crippen molar-refractivity contribution in [2.45, 2.75) is 29.7 Å². The Labute approximate surface area is 103 Å². The van der Waals surface area contributed by atoms with Crippen LogP contribution in [0.5, 0.6) is 0 Å². The van der Waals surface area contributed by atoms with Crippen LogP contribution in [0.4, 0.5) is 0 Å².